The molecule has 1 rings (SSSR count). The molecule has 0 atom stereocenters. The van der Waals surface area contributed by atoms with Crippen molar-refractivity contribution in [2.75, 3.05) is 0 Å². The number of pyridine rings is 1. The van der Waals surface area contributed by atoms with Gasteiger partial charge in [0.2, 0.25) is 0 Å². The second kappa shape index (κ2) is 4.91. The van der Waals surface area contributed by atoms with Crippen molar-refractivity contribution >= 4 is 5.57 Å². The number of hydrogen-bond acceptors (Lipinski definition) is 2. The molecule has 2 nitrogen and oxygen atoms in total. The number of rotatable bonds is 3. The first-order chi connectivity index (χ1) is 6.69. The molecule has 76 valence electrons. The average Bonchev–Trinajstić information content (AvgIpc) is 2.19. The third kappa shape index (κ3) is 2.42. The highest BCUT2D eigenvalue weighted by atomic mass is 14.7. The Bertz CT molecular complexity index is 340. The van der Waals surface area contributed by atoms with E-state index < -0.39 is 0 Å². The van der Waals surface area contributed by atoms with Crippen LogP contribution in [0.1, 0.15) is 37.1 Å². The van der Waals surface area contributed by atoms with Gasteiger partial charge in [-0.2, -0.15) is 0 Å². The molecule has 1 aromatic rings. The second-order valence-electron chi connectivity index (χ2n) is 3.48. The third-order valence-electron chi connectivity index (χ3n) is 2.31. The summed E-state index contributed by atoms with van der Waals surface area (Å²) < 4.78 is 0. The van der Waals surface area contributed by atoms with Crippen molar-refractivity contribution in [3.05, 3.63) is 35.2 Å². The lowest BCUT2D eigenvalue weighted by molar-refractivity contribution is 1.03. The number of nitrogens with two attached hydrogens (primary N) is 1. The zero-order valence-electron chi connectivity index (χ0n) is 9.17. The fourth-order valence-corrected chi connectivity index (χ4v) is 1.50. The van der Waals surface area contributed by atoms with Crippen LogP contribution in [0.25, 0.3) is 5.57 Å². The lowest BCUT2D eigenvalue weighted by Gasteiger charge is -2.07. The molecule has 0 fully saturated rings. The smallest absolute Gasteiger partial charge is 0.0447 e. The molecule has 2 N–H and O–H groups in total. The Labute approximate surface area is 85.9 Å². The largest absolute Gasteiger partial charge is 0.326 e. The van der Waals surface area contributed by atoms with Gasteiger partial charge in [0, 0.05) is 18.4 Å². The van der Waals surface area contributed by atoms with Crippen LogP contribution in [-0.4, -0.2) is 4.98 Å². The standard InChI is InChI=1S/C12H18N2/c1-4-5-9(2)12-6-11(7-13)8-14-10(12)3/h5-6,8H,4,7,13H2,1-3H3/b9-5-. The van der Waals surface area contributed by atoms with E-state index in [1.807, 2.05) is 13.1 Å². The summed E-state index contributed by atoms with van der Waals surface area (Å²) in [5.74, 6) is 0. The minimum absolute atomic E-state index is 0.555. The number of allylic oxidation sites excluding steroid dienone is 2. The topological polar surface area (TPSA) is 38.9 Å². The summed E-state index contributed by atoms with van der Waals surface area (Å²) in [7, 11) is 0. The molecule has 0 aliphatic carbocycles. The molecular weight excluding hydrogens is 172 g/mol. The van der Waals surface area contributed by atoms with Crippen molar-refractivity contribution in [2.24, 2.45) is 5.73 Å². The van der Waals surface area contributed by atoms with Crippen LogP contribution in [0.2, 0.25) is 0 Å². The van der Waals surface area contributed by atoms with Crippen molar-refractivity contribution in [1.82, 2.24) is 4.98 Å². The second-order valence-corrected chi connectivity index (χ2v) is 3.48. The molecule has 14 heavy (non-hydrogen) atoms. The Balaban J connectivity index is 3.12. The van der Waals surface area contributed by atoms with Gasteiger partial charge in [-0.05, 0) is 43.0 Å². The number of aryl methyl sites for hydroxylation is 1. The highest BCUT2D eigenvalue weighted by Gasteiger charge is 2.02. The molecule has 0 unspecified atom stereocenters. The highest BCUT2D eigenvalue weighted by Crippen LogP contribution is 2.18. The molecule has 0 saturated carbocycles. The normalized spacial score (nSPS) is 11.9. The van der Waals surface area contributed by atoms with E-state index in [2.05, 4.69) is 31.0 Å². The van der Waals surface area contributed by atoms with Gasteiger partial charge in [-0.3, -0.25) is 4.98 Å². The Hall–Kier alpha value is -1.15. The summed E-state index contributed by atoms with van der Waals surface area (Å²) >= 11 is 0. The summed E-state index contributed by atoms with van der Waals surface area (Å²) in [6, 6.07) is 2.13. The Morgan fingerprint density at radius 3 is 2.86 bits per heavy atom. The van der Waals surface area contributed by atoms with Crippen LogP contribution in [0.3, 0.4) is 0 Å². The Kier molecular flexibility index (Phi) is 3.84. The molecule has 0 aromatic carbocycles. The van der Waals surface area contributed by atoms with Gasteiger partial charge in [0.1, 0.15) is 0 Å². The molecular formula is C12H18N2. The van der Waals surface area contributed by atoms with Crippen molar-refractivity contribution in [2.45, 2.75) is 33.7 Å². The predicted octanol–water partition coefficient (Wildman–Crippen LogP) is 2.66. The summed E-state index contributed by atoms with van der Waals surface area (Å²) in [4.78, 5) is 4.33. The van der Waals surface area contributed by atoms with E-state index in [4.69, 9.17) is 5.73 Å². The molecule has 0 aliphatic heterocycles. The van der Waals surface area contributed by atoms with Crippen LogP contribution in [0.4, 0.5) is 0 Å². The molecule has 1 aromatic heterocycles. The van der Waals surface area contributed by atoms with Crippen LogP contribution in [0.5, 0.6) is 0 Å². The van der Waals surface area contributed by atoms with Gasteiger partial charge in [-0.1, -0.05) is 13.0 Å². The lowest BCUT2D eigenvalue weighted by atomic mass is 10.0. The van der Waals surface area contributed by atoms with Crippen LogP contribution in [0.15, 0.2) is 18.3 Å². The van der Waals surface area contributed by atoms with E-state index in [0.717, 1.165) is 17.7 Å². The quantitative estimate of drug-likeness (QED) is 0.795. The van der Waals surface area contributed by atoms with Gasteiger partial charge in [0.15, 0.2) is 0 Å². The summed E-state index contributed by atoms with van der Waals surface area (Å²) in [5.41, 5.74) is 10.3. The van der Waals surface area contributed by atoms with Crippen molar-refractivity contribution in [3.63, 3.8) is 0 Å². The molecule has 2 heteroatoms. The van der Waals surface area contributed by atoms with Gasteiger partial charge in [0.05, 0.1) is 0 Å². The first-order valence-corrected chi connectivity index (χ1v) is 5.01. The average molecular weight is 190 g/mol. The number of hydrogen-bond donors (Lipinski definition) is 1. The molecule has 0 bridgehead atoms. The molecule has 0 spiro atoms. The number of aromatic nitrogens is 1. The summed E-state index contributed by atoms with van der Waals surface area (Å²) in [6.07, 6.45) is 5.11. The van der Waals surface area contributed by atoms with Crippen molar-refractivity contribution < 1.29 is 0 Å². The van der Waals surface area contributed by atoms with Crippen molar-refractivity contribution in [1.29, 1.82) is 0 Å². The minimum atomic E-state index is 0.555. The monoisotopic (exact) mass is 190 g/mol. The highest BCUT2D eigenvalue weighted by molar-refractivity contribution is 5.65. The minimum Gasteiger partial charge on any atom is -0.326 e. The van der Waals surface area contributed by atoms with E-state index in [0.29, 0.717) is 6.54 Å². The van der Waals surface area contributed by atoms with E-state index in [1.54, 1.807) is 0 Å². The van der Waals surface area contributed by atoms with Crippen molar-refractivity contribution in [3.8, 4) is 0 Å². The van der Waals surface area contributed by atoms with Crippen LogP contribution in [0, 0.1) is 6.92 Å². The Morgan fingerprint density at radius 2 is 2.29 bits per heavy atom. The Morgan fingerprint density at radius 1 is 1.57 bits per heavy atom. The molecule has 0 saturated heterocycles. The number of nitrogens with zero attached hydrogens (tertiary/aromatic N) is 1. The summed E-state index contributed by atoms with van der Waals surface area (Å²) in [6.45, 7) is 6.84. The van der Waals surface area contributed by atoms with Gasteiger partial charge >= 0.3 is 0 Å². The summed E-state index contributed by atoms with van der Waals surface area (Å²) in [5, 5.41) is 0. The fourth-order valence-electron chi connectivity index (χ4n) is 1.50. The maximum Gasteiger partial charge on any atom is 0.0447 e. The molecule has 0 radical (unpaired) electrons. The molecule has 1 heterocycles. The zero-order valence-corrected chi connectivity index (χ0v) is 9.17. The van der Waals surface area contributed by atoms with E-state index in [1.165, 1.54) is 11.1 Å². The van der Waals surface area contributed by atoms with E-state index in [-0.39, 0.29) is 0 Å². The molecule has 0 aliphatic rings. The molecule has 0 amide bonds. The van der Waals surface area contributed by atoms with Gasteiger partial charge < -0.3 is 5.73 Å². The van der Waals surface area contributed by atoms with E-state index >= 15 is 0 Å². The maximum absolute atomic E-state index is 5.58. The lowest BCUT2D eigenvalue weighted by Crippen LogP contribution is -2.00. The van der Waals surface area contributed by atoms with Crippen LogP contribution >= 0.6 is 0 Å². The van der Waals surface area contributed by atoms with Crippen LogP contribution < -0.4 is 5.73 Å². The zero-order chi connectivity index (χ0) is 10.6. The van der Waals surface area contributed by atoms with Gasteiger partial charge in [-0.25, -0.2) is 0 Å². The SMILES string of the molecule is CC/C=C(/C)c1cc(CN)cnc1C. The van der Waals surface area contributed by atoms with Gasteiger partial charge in [-0.15, -0.1) is 0 Å². The third-order valence-corrected chi connectivity index (χ3v) is 2.31. The predicted molar refractivity (Wildman–Crippen MR) is 60.8 cm³/mol. The first kappa shape index (κ1) is 10.9. The first-order valence-electron chi connectivity index (χ1n) is 5.01. The maximum atomic E-state index is 5.58. The van der Waals surface area contributed by atoms with Gasteiger partial charge in [0.25, 0.3) is 0 Å². The fraction of sp³-hybridized carbons (Fsp3) is 0.417. The van der Waals surface area contributed by atoms with Crippen LogP contribution in [-0.2, 0) is 6.54 Å². The van der Waals surface area contributed by atoms with E-state index in [9.17, 15) is 0 Å².